The topological polar surface area (TPSA) is 97.9 Å². The number of nitrogens with zero attached hydrogens (tertiary/aromatic N) is 1. The maximum absolute atomic E-state index is 12.6. The van der Waals surface area contributed by atoms with Gasteiger partial charge in [0.2, 0.25) is 10.0 Å². The minimum absolute atomic E-state index is 0.0152. The number of nitrogens with one attached hydrogen (secondary N) is 1. The first-order chi connectivity index (χ1) is 12.0. The number of carbonyl (C=O) groups excluding carboxylic acids is 1. The molecule has 0 spiro atoms. The van der Waals surface area contributed by atoms with Gasteiger partial charge in [0.05, 0.1) is 20.3 Å². The second-order valence-corrected chi connectivity index (χ2v) is 7.24. The van der Waals surface area contributed by atoms with E-state index in [2.05, 4.69) is 4.98 Å². The van der Waals surface area contributed by atoms with Crippen molar-refractivity contribution in [3.05, 3.63) is 42.2 Å². The lowest BCUT2D eigenvalue weighted by atomic mass is 10.3. The summed E-state index contributed by atoms with van der Waals surface area (Å²) in [6, 6.07) is 7.96. The highest BCUT2D eigenvalue weighted by molar-refractivity contribution is 7.89. The molecule has 0 atom stereocenters. The Morgan fingerprint density at radius 1 is 1.20 bits per heavy atom. The molecule has 0 radical (unpaired) electrons. The van der Waals surface area contributed by atoms with Gasteiger partial charge in [-0.3, -0.25) is 0 Å². The van der Waals surface area contributed by atoms with Crippen molar-refractivity contribution < 1.29 is 27.4 Å². The van der Waals surface area contributed by atoms with Crippen LogP contribution in [-0.4, -0.2) is 57.1 Å². The summed E-state index contributed by atoms with van der Waals surface area (Å²) in [5.74, 6) is -0.0429. The lowest BCUT2D eigenvalue weighted by molar-refractivity contribution is 0.0723. The fourth-order valence-corrected chi connectivity index (χ4v) is 3.84. The van der Waals surface area contributed by atoms with Crippen molar-refractivity contribution in [3.8, 4) is 11.5 Å². The quantitative estimate of drug-likeness (QED) is 0.632. The summed E-state index contributed by atoms with van der Waals surface area (Å²) in [7, 11) is -2.20. The molecule has 1 aliphatic rings. The third kappa shape index (κ3) is 3.68. The van der Waals surface area contributed by atoms with Crippen molar-refractivity contribution in [2.24, 2.45) is 0 Å². The number of H-pyrrole nitrogens is 1. The molecule has 2 aromatic rings. The predicted octanol–water partition coefficient (Wildman–Crippen LogP) is 1.26. The number of para-hydroxylation sites is 2. The molecule has 9 heteroatoms. The minimum Gasteiger partial charge on any atom is -0.493 e. The van der Waals surface area contributed by atoms with Crippen LogP contribution in [0, 0.1) is 0 Å². The molecule has 0 aliphatic carbocycles. The summed E-state index contributed by atoms with van der Waals surface area (Å²) < 4.78 is 42.0. The summed E-state index contributed by atoms with van der Waals surface area (Å²) in [5, 5.41) is 0. The fraction of sp³-hybridized carbons (Fsp3) is 0.312. The average molecular weight is 366 g/mol. The highest BCUT2D eigenvalue weighted by Gasteiger charge is 2.28. The van der Waals surface area contributed by atoms with Gasteiger partial charge in [0.25, 0.3) is 0 Å². The van der Waals surface area contributed by atoms with Crippen LogP contribution in [0.25, 0.3) is 0 Å². The van der Waals surface area contributed by atoms with Gasteiger partial charge in [-0.25, -0.2) is 13.2 Å². The Labute approximate surface area is 145 Å². The van der Waals surface area contributed by atoms with E-state index in [1.165, 1.54) is 23.7 Å². The molecule has 2 heterocycles. The van der Waals surface area contributed by atoms with E-state index in [9.17, 15) is 13.2 Å². The van der Waals surface area contributed by atoms with Gasteiger partial charge in [0.15, 0.2) is 11.5 Å². The largest absolute Gasteiger partial charge is 0.493 e. The molecule has 25 heavy (non-hydrogen) atoms. The molecular weight excluding hydrogens is 348 g/mol. The van der Waals surface area contributed by atoms with Crippen LogP contribution >= 0.6 is 0 Å². The molecule has 1 aromatic carbocycles. The van der Waals surface area contributed by atoms with Gasteiger partial charge in [0.1, 0.15) is 10.6 Å². The smallest absolute Gasteiger partial charge is 0.360 e. The highest BCUT2D eigenvalue weighted by Crippen LogP contribution is 2.27. The standard InChI is InChI=1S/C16H18N2O6S/c1-22-14-4-2-3-5-15(14)24-16(19)13-10-12(11-17-13)25(20,21)18-6-8-23-9-7-18/h2-5,10-11,17H,6-9H2,1H3. The Kier molecular flexibility index (Phi) is 5.07. The number of carbonyl (C=O) groups is 1. The SMILES string of the molecule is COc1ccccc1OC(=O)c1cc(S(=O)(=O)N2CCOCC2)c[nH]1. The first kappa shape index (κ1) is 17.5. The van der Waals surface area contributed by atoms with Crippen molar-refractivity contribution in [1.29, 1.82) is 0 Å². The lowest BCUT2D eigenvalue weighted by Crippen LogP contribution is -2.40. The van der Waals surface area contributed by atoms with Crippen molar-refractivity contribution in [2.45, 2.75) is 4.90 Å². The molecule has 1 aliphatic heterocycles. The number of esters is 1. The first-order valence-corrected chi connectivity index (χ1v) is 9.08. The Hall–Kier alpha value is -2.36. The molecule has 1 saturated heterocycles. The average Bonchev–Trinajstić information content (AvgIpc) is 3.14. The number of hydrogen-bond acceptors (Lipinski definition) is 6. The van der Waals surface area contributed by atoms with E-state index in [0.29, 0.717) is 19.0 Å². The summed E-state index contributed by atoms with van der Waals surface area (Å²) in [5.41, 5.74) is 0.0396. The summed E-state index contributed by atoms with van der Waals surface area (Å²) in [6.45, 7) is 1.28. The number of aromatic nitrogens is 1. The second kappa shape index (κ2) is 7.26. The summed E-state index contributed by atoms with van der Waals surface area (Å²) >= 11 is 0. The molecule has 0 bridgehead atoms. The van der Waals surface area contributed by atoms with E-state index in [1.807, 2.05) is 0 Å². The number of methoxy groups -OCH3 is 1. The van der Waals surface area contributed by atoms with Crippen molar-refractivity contribution in [3.63, 3.8) is 0 Å². The Morgan fingerprint density at radius 3 is 2.56 bits per heavy atom. The van der Waals surface area contributed by atoms with Gasteiger partial charge >= 0.3 is 5.97 Å². The maximum Gasteiger partial charge on any atom is 0.360 e. The molecule has 3 rings (SSSR count). The molecule has 134 valence electrons. The van der Waals surface area contributed by atoms with Crippen LogP contribution in [-0.2, 0) is 14.8 Å². The monoisotopic (exact) mass is 366 g/mol. The van der Waals surface area contributed by atoms with E-state index in [1.54, 1.807) is 24.3 Å². The zero-order valence-corrected chi connectivity index (χ0v) is 14.4. The minimum atomic E-state index is -3.67. The molecule has 0 amide bonds. The molecule has 1 aromatic heterocycles. The molecule has 1 fully saturated rings. The second-order valence-electron chi connectivity index (χ2n) is 5.31. The maximum atomic E-state index is 12.6. The van der Waals surface area contributed by atoms with E-state index in [-0.39, 0.29) is 29.4 Å². The van der Waals surface area contributed by atoms with Crippen LogP contribution in [0.5, 0.6) is 11.5 Å². The number of aromatic amines is 1. The number of hydrogen-bond donors (Lipinski definition) is 1. The zero-order valence-electron chi connectivity index (χ0n) is 13.6. The van der Waals surface area contributed by atoms with Crippen LogP contribution in [0.1, 0.15) is 10.5 Å². The van der Waals surface area contributed by atoms with E-state index < -0.39 is 16.0 Å². The van der Waals surface area contributed by atoms with Crippen molar-refractivity contribution in [2.75, 3.05) is 33.4 Å². The third-order valence-corrected chi connectivity index (χ3v) is 5.63. The van der Waals surface area contributed by atoms with E-state index in [4.69, 9.17) is 14.2 Å². The number of benzene rings is 1. The summed E-state index contributed by atoms with van der Waals surface area (Å²) in [4.78, 5) is 14.9. The number of ether oxygens (including phenoxy) is 3. The van der Waals surface area contributed by atoms with Crippen molar-refractivity contribution >= 4 is 16.0 Å². The zero-order chi connectivity index (χ0) is 17.9. The van der Waals surface area contributed by atoms with Crippen molar-refractivity contribution in [1.82, 2.24) is 9.29 Å². The third-order valence-electron chi connectivity index (χ3n) is 3.76. The first-order valence-electron chi connectivity index (χ1n) is 7.64. The molecule has 1 N–H and O–H groups in total. The van der Waals surface area contributed by atoms with Crippen LogP contribution in [0.4, 0.5) is 0 Å². The van der Waals surface area contributed by atoms with Crippen LogP contribution in [0.3, 0.4) is 0 Å². The molecule has 0 unspecified atom stereocenters. The molecular formula is C16H18N2O6S. The Balaban J connectivity index is 1.77. The lowest BCUT2D eigenvalue weighted by Gasteiger charge is -2.25. The summed E-state index contributed by atoms with van der Waals surface area (Å²) in [6.07, 6.45) is 1.28. The van der Waals surface area contributed by atoms with Crippen LogP contribution in [0.15, 0.2) is 41.4 Å². The van der Waals surface area contributed by atoms with Crippen LogP contribution < -0.4 is 9.47 Å². The number of morpholine rings is 1. The number of rotatable bonds is 5. The highest BCUT2D eigenvalue weighted by atomic mass is 32.2. The van der Waals surface area contributed by atoms with Gasteiger partial charge in [-0.15, -0.1) is 0 Å². The van der Waals surface area contributed by atoms with E-state index in [0.717, 1.165) is 0 Å². The van der Waals surface area contributed by atoms with Gasteiger partial charge in [-0.1, -0.05) is 12.1 Å². The predicted molar refractivity (Wildman–Crippen MR) is 88.3 cm³/mol. The van der Waals surface area contributed by atoms with Gasteiger partial charge < -0.3 is 19.2 Å². The van der Waals surface area contributed by atoms with Crippen LogP contribution in [0.2, 0.25) is 0 Å². The van der Waals surface area contributed by atoms with Gasteiger partial charge in [-0.2, -0.15) is 4.31 Å². The molecule has 0 saturated carbocycles. The Morgan fingerprint density at radius 2 is 1.88 bits per heavy atom. The molecule has 8 nitrogen and oxygen atoms in total. The van der Waals surface area contributed by atoms with E-state index >= 15 is 0 Å². The number of sulfonamides is 1. The Bertz CT molecular complexity index is 855. The normalized spacial score (nSPS) is 15.7. The fourth-order valence-electron chi connectivity index (χ4n) is 2.44. The van der Waals surface area contributed by atoms with Gasteiger partial charge in [0, 0.05) is 19.3 Å². The van der Waals surface area contributed by atoms with Gasteiger partial charge in [-0.05, 0) is 18.2 Å².